The van der Waals surface area contributed by atoms with Gasteiger partial charge in [-0.1, -0.05) is 12.1 Å². The molecule has 122 valence electrons. The third kappa shape index (κ3) is 2.68. The number of halogens is 1. The quantitative estimate of drug-likeness (QED) is 0.731. The van der Waals surface area contributed by atoms with Gasteiger partial charge < -0.3 is 9.88 Å². The summed E-state index contributed by atoms with van der Waals surface area (Å²) in [7, 11) is 0. The second-order valence-electron chi connectivity index (χ2n) is 6.34. The molecule has 1 aromatic heterocycles. The number of piperidine rings is 1. The second-order valence-corrected chi connectivity index (χ2v) is 6.34. The van der Waals surface area contributed by atoms with E-state index in [-0.39, 0.29) is 17.8 Å². The Morgan fingerprint density at radius 2 is 1.92 bits per heavy atom. The van der Waals surface area contributed by atoms with Gasteiger partial charge in [0, 0.05) is 29.2 Å². The number of benzene rings is 2. The Morgan fingerprint density at radius 1 is 1.08 bits per heavy atom. The maximum Gasteiger partial charge on any atom is 0.254 e. The number of nitrogens with one attached hydrogen (secondary N) is 1. The molecular formula is C20H19FN2O. The smallest absolute Gasteiger partial charge is 0.254 e. The molecule has 2 heterocycles. The summed E-state index contributed by atoms with van der Waals surface area (Å²) in [6.45, 7) is 0.742. The minimum absolute atomic E-state index is 0.0220. The molecule has 1 fully saturated rings. The lowest BCUT2D eigenvalue weighted by molar-refractivity contribution is 0.0611. The van der Waals surface area contributed by atoms with E-state index in [0.29, 0.717) is 5.56 Å². The first-order valence-corrected chi connectivity index (χ1v) is 8.36. The van der Waals surface area contributed by atoms with Crippen LogP contribution in [0.4, 0.5) is 4.39 Å². The van der Waals surface area contributed by atoms with Crippen molar-refractivity contribution in [1.82, 2.24) is 9.88 Å². The number of amides is 1. The number of aromatic nitrogens is 1. The van der Waals surface area contributed by atoms with Crippen molar-refractivity contribution < 1.29 is 9.18 Å². The highest BCUT2D eigenvalue weighted by molar-refractivity contribution is 5.98. The van der Waals surface area contributed by atoms with Gasteiger partial charge in [0.1, 0.15) is 5.82 Å². The van der Waals surface area contributed by atoms with E-state index in [1.54, 1.807) is 12.1 Å². The number of rotatable bonds is 2. The van der Waals surface area contributed by atoms with E-state index < -0.39 is 0 Å². The first-order valence-electron chi connectivity index (χ1n) is 8.36. The van der Waals surface area contributed by atoms with Crippen molar-refractivity contribution in [2.45, 2.75) is 25.3 Å². The highest BCUT2D eigenvalue weighted by Gasteiger charge is 2.28. The molecule has 3 nitrogen and oxygen atoms in total. The van der Waals surface area contributed by atoms with Gasteiger partial charge in [-0.3, -0.25) is 4.79 Å². The number of nitrogens with zero attached hydrogens (tertiary/aromatic N) is 1. The van der Waals surface area contributed by atoms with E-state index in [1.165, 1.54) is 12.1 Å². The minimum Gasteiger partial charge on any atom is -0.361 e. The van der Waals surface area contributed by atoms with E-state index in [2.05, 4.69) is 4.98 Å². The van der Waals surface area contributed by atoms with Crippen LogP contribution < -0.4 is 0 Å². The molecule has 1 aliphatic rings. The molecule has 24 heavy (non-hydrogen) atoms. The maximum absolute atomic E-state index is 13.2. The second kappa shape index (κ2) is 6.11. The molecule has 0 radical (unpaired) electrons. The van der Waals surface area contributed by atoms with Crippen LogP contribution in [-0.2, 0) is 0 Å². The van der Waals surface area contributed by atoms with Gasteiger partial charge in [0.05, 0.1) is 6.04 Å². The summed E-state index contributed by atoms with van der Waals surface area (Å²) in [5, 5.41) is 1.04. The molecule has 4 rings (SSSR count). The largest absolute Gasteiger partial charge is 0.361 e. The van der Waals surface area contributed by atoms with Crippen LogP contribution in [0, 0.1) is 5.82 Å². The number of H-pyrrole nitrogens is 1. The molecule has 0 unspecified atom stereocenters. The topological polar surface area (TPSA) is 36.1 Å². The number of carbonyl (C=O) groups is 1. The lowest BCUT2D eigenvalue weighted by atomic mass is 9.94. The van der Waals surface area contributed by atoms with Crippen molar-refractivity contribution in [2.24, 2.45) is 0 Å². The standard InChI is InChI=1S/C20H19FN2O/c21-17-7-4-14(5-8-17)19-3-1-2-12-23(19)20(24)16-6-9-18-15(13-16)10-11-22-18/h4-11,13,19,22H,1-3,12H2/t19-/m0/s1. The van der Waals surface area contributed by atoms with E-state index in [9.17, 15) is 9.18 Å². The average molecular weight is 322 g/mol. The third-order valence-electron chi connectivity index (χ3n) is 4.82. The fourth-order valence-corrected chi connectivity index (χ4v) is 3.56. The predicted octanol–water partition coefficient (Wildman–Crippen LogP) is 4.67. The fourth-order valence-electron chi connectivity index (χ4n) is 3.56. The third-order valence-corrected chi connectivity index (χ3v) is 4.82. The molecule has 1 atom stereocenters. The number of aromatic amines is 1. The van der Waals surface area contributed by atoms with Gasteiger partial charge in [-0.15, -0.1) is 0 Å². The van der Waals surface area contributed by atoms with Crippen LogP contribution in [-0.4, -0.2) is 22.3 Å². The summed E-state index contributed by atoms with van der Waals surface area (Å²) in [5.41, 5.74) is 2.74. The van der Waals surface area contributed by atoms with Gasteiger partial charge in [0.2, 0.25) is 0 Å². The Kier molecular flexibility index (Phi) is 3.81. The summed E-state index contributed by atoms with van der Waals surface area (Å²) in [4.78, 5) is 18.1. The Morgan fingerprint density at radius 3 is 2.75 bits per heavy atom. The molecule has 0 saturated carbocycles. The molecule has 0 bridgehead atoms. The van der Waals surface area contributed by atoms with Crippen molar-refractivity contribution in [1.29, 1.82) is 0 Å². The van der Waals surface area contributed by atoms with E-state index in [4.69, 9.17) is 0 Å². The van der Waals surface area contributed by atoms with Crippen LogP contribution >= 0.6 is 0 Å². The van der Waals surface area contributed by atoms with Crippen molar-refractivity contribution in [3.8, 4) is 0 Å². The Bertz CT molecular complexity index is 869. The summed E-state index contributed by atoms with van der Waals surface area (Å²) >= 11 is 0. The predicted molar refractivity (Wildman–Crippen MR) is 92.3 cm³/mol. The lowest BCUT2D eigenvalue weighted by Gasteiger charge is -2.36. The van der Waals surface area contributed by atoms with Gasteiger partial charge in [0.25, 0.3) is 5.91 Å². The maximum atomic E-state index is 13.2. The summed E-state index contributed by atoms with van der Waals surface area (Å²) in [6.07, 6.45) is 4.89. The van der Waals surface area contributed by atoms with E-state index in [0.717, 1.165) is 42.3 Å². The number of hydrogen-bond acceptors (Lipinski definition) is 1. The van der Waals surface area contributed by atoms with Gasteiger partial charge in [-0.25, -0.2) is 4.39 Å². The normalized spacial score (nSPS) is 18.0. The highest BCUT2D eigenvalue weighted by Crippen LogP contribution is 2.32. The number of fused-ring (bicyclic) bond motifs is 1. The molecule has 1 N–H and O–H groups in total. The average Bonchev–Trinajstić information content (AvgIpc) is 3.09. The lowest BCUT2D eigenvalue weighted by Crippen LogP contribution is -2.38. The van der Waals surface area contributed by atoms with Crippen LogP contribution in [0.25, 0.3) is 10.9 Å². The van der Waals surface area contributed by atoms with E-state index >= 15 is 0 Å². The van der Waals surface area contributed by atoms with Crippen LogP contribution in [0.5, 0.6) is 0 Å². The molecule has 0 aliphatic carbocycles. The van der Waals surface area contributed by atoms with Crippen molar-refractivity contribution in [3.63, 3.8) is 0 Å². The summed E-state index contributed by atoms with van der Waals surface area (Å²) < 4.78 is 13.2. The Hall–Kier alpha value is -2.62. The SMILES string of the molecule is O=C(c1ccc2[nH]ccc2c1)N1CCCC[C@H]1c1ccc(F)cc1. The molecule has 1 aliphatic heterocycles. The molecule has 2 aromatic carbocycles. The highest BCUT2D eigenvalue weighted by atomic mass is 19.1. The molecule has 0 spiro atoms. The Balaban J connectivity index is 1.66. The van der Waals surface area contributed by atoms with Gasteiger partial charge in [-0.05, 0) is 61.2 Å². The summed E-state index contributed by atoms with van der Waals surface area (Å²) in [5.74, 6) is -0.197. The van der Waals surface area contributed by atoms with E-state index in [1.807, 2.05) is 35.4 Å². The summed E-state index contributed by atoms with van der Waals surface area (Å²) in [6, 6.07) is 14.3. The molecule has 4 heteroatoms. The molecule has 1 amide bonds. The monoisotopic (exact) mass is 322 g/mol. The fraction of sp³-hybridized carbons (Fsp3) is 0.250. The number of hydrogen-bond donors (Lipinski definition) is 1. The van der Waals surface area contributed by atoms with Crippen LogP contribution in [0.1, 0.15) is 41.2 Å². The van der Waals surface area contributed by atoms with Gasteiger partial charge in [0.15, 0.2) is 0 Å². The minimum atomic E-state index is -0.245. The van der Waals surface area contributed by atoms with Crippen molar-refractivity contribution in [3.05, 3.63) is 71.7 Å². The van der Waals surface area contributed by atoms with Crippen molar-refractivity contribution in [2.75, 3.05) is 6.54 Å². The van der Waals surface area contributed by atoms with Crippen molar-refractivity contribution >= 4 is 16.8 Å². The first-order chi connectivity index (χ1) is 11.7. The van der Waals surface area contributed by atoms with Crippen LogP contribution in [0.2, 0.25) is 0 Å². The molecule has 3 aromatic rings. The molecular weight excluding hydrogens is 303 g/mol. The Labute approximate surface area is 140 Å². The van der Waals surface area contributed by atoms with Gasteiger partial charge in [-0.2, -0.15) is 0 Å². The van der Waals surface area contributed by atoms with Gasteiger partial charge >= 0.3 is 0 Å². The number of carbonyl (C=O) groups excluding carboxylic acids is 1. The van der Waals surface area contributed by atoms with Crippen LogP contribution in [0.15, 0.2) is 54.7 Å². The zero-order valence-corrected chi connectivity index (χ0v) is 13.3. The zero-order valence-electron chi connectivity index (χ0n) is 13.3. The zero-order chi connectivity index (χ0) is 16.5. The number of likely N-dealkylation sites (tertiary alicyclic amines) is 1. The molecule has 1 saturated heterocycles. The first kappa shape index (κ1) is 14.9. The van der Waals surface area contributed by atoms with Crippen LogP contribution in [0.3, 0.4) is 0 Å².